The summed E-state index contributed by atoms with van der Waals surface area (Å²) in [6.07, 6.45) is 0. The molecule has 0 aromatic carbocycles. The summed E-state index contributed by atoms with van der Waals surface area (Å²) in [7, 11) is 0. The van der Waals surface area contributed by atoms with Gasteiger partial charge in [0.2, 0.25) is 8.96 Å². The van der Waals surface area contributed by atoms with Crippen molar-refractivity contribution in [2.75, 3.05) is 31.2 Å². The first kappa shape index (κ1) is 8.64. The van der Waals surface area contributed by atoms with Crippen LogP contribution in [0, 0.1) is 3.83 Å². The summed E-state index contributed by atoms with van der Waals surface area (Å²) < 4.78 is 10.2. The van der Waals surface area contributed by atoms with E-state index in [4.69, 9.17) is 4.74 Å². The van der Waals surface area contributed by atoms with Gasteiger partial charge in [0.25, 0.3) is 0 Å². The van der Waals surface area contributed by atoms with Crippen molar-refractivity contribution in [2.24, 2.45) is 0 Å². The Labute approximate surface area is 88.2 Å². The fraction of sp³-hybridized carbons (Fsp3) is 0.667. The van der Waals surface area contributed by atoms with Gasteiger partial charge < -0.3 is 9.64 Å². The molecule has 0 radical (unpaired) electrons. The number of halogens is 1. The summed E-state index contributed by atoms with van der Waals surface area (Å²) >= 11 is 3.58. The molecule has 1 saturated heterocycles. The van der Waals surface area contributed by atoms with Crippen molar-refractivity contribution in [3.63, 3.8) is 0 Å². The maximum Gasteiger partial charge on any atom is 0.206 e. The number of hydrogen-bond acceptors (Lipinski definition) is 5. The van der Waals surface area contributed by atoms with Gasteiger partial charge in [-0.3, -0.25) is 0 Å². The number of anilines is 1. The SMILES string of the molecule is Ic1nsc(N2CCOCC2)n1. The summed E-state index contributed by atoms with van der Waals surface area (Å²) in [5, 5.41) is 1.02. The molecule has 0 saturated carbocycles. The van der Waals surface area contributed by atoms with E-state index in [0.717, 1.165) is 35.3 Å². The largest absolute Gasteiger partial charge is 0.378 e. The zero-order valence-electron chi connectivity index (χ0n) is 6.36. The van der Waals surface area contributed by atoms with Crippen LogP contribution in [0.3, 0.4) is 0 Å². The van der Waals surface area contributed by atoms with Crippen molar-refractivity contribution in [1.29, 1.82) is 0 Å². The van der Waals surface area contributed by atoms with Gasteiger partial charge in [-0.1, -0.05) is 0 Å². The minimum atomic E-state index is 0.802. The van der Waals surface area contributed by atoms with Gasteiger partial charge in [-0.15, -0.1) is 0 Å². The number of morpholine rings is 1. The molecule has 1 fully saturated rings. The molecule has 0 N–H and O–H groups in total. The first-order chi connectivity index (χ1) is 5.86. The van der Waals surface area contributed by atoms with E-state index in [1.165, 1.54) is 11.5 Å². The lowest BCUT2D eigenvalue weighted by Gasteiger charge is -2.25. The van der Waals surface area contributed by atoms with Crippen molar-refractivity contribution in [3.05, 3.63) is 3.83 Å². The number of hydrogen-bond donors (Lipinski definition) is 0. The Hall–Kier alpha value is 0.0500. The van der Waals surface area contributed by atoms with Gasteiger partial charge in [-0.2, -0.15) is 9.36 Å². The fourth-order valence-corrected chi connectivity index (χ4v) is 2.39. The average molecular weight is 297 g/mol. The zero-order valence-corrected chi connectivity index (χ0v) is 9.34. The van der Waals surface area contributed by atoms with Crippen molar-refractivity contribution < 1.29 is 4.74 Å². The summed E-state index contributed by atoms with van der Waals surface area (Å²) in [6.45, 7) is 3.48. The molecule has 1 aliphatic heterocycles. The highest BCUT2D eigenvalue weighted by Crippen LogP contribution is 2.18. The fourth-order valence-electron chi connectivity index (χ4n) is 1.08. The Morgan fingerprint density at radius 2 is 2.17 bits per heavy atom. The van der Waals surface area contributed by atoms with Crippen LogP contribution in [0.15, 0.2) is 0 Å². The van der Waals surface area contributed by atoms with Gasteiger partial charge >= 0.3 is 0 Å². The molecule has 12 heavy (non-hydrogen) atoms. The molecule has 2 heterocycles. The summed E-state index contributed by atoms with van der Waals surface area (Å²) in [5.74, 6) is 0. The van der Waals surface area contributed by atoms with Crippen molar-refractivity contribution >= 4 is 39.3 Å². The Kier molecular flexibility index (Phi) is 2.76. The predicted molar refractivity (Wildman–Crippen MR) is 55.7 cm³/mol. The number of rotatable bonds is 1. The minimum absolute atomic E-state index is 0.802. The molecule has 0 bridgehead atoms. The number of aromatic nitrogens is 2. The van der Waals surface area contributed by atoms with E-state index in [0.29, 0.717) is 0 Å². The lowest BCUT2D eigenvalue weighted by atomic mass is 10.5. The summed E-state index contributed by atoms with van der Waals surface area (Å²) in [5.41, 5.74) is 0. The monoisotopic (exact) mass is 297 g/mol. The van der Waals surface area contributed by atoms with E-state index in [9.17, 15) is 0 Å². The quantitative estimate of drug-likeness (QED) is 0.724. The van der Waals surface area contributed by atoms with Gasteiger partial charge in [-0.25, -0.2) is 0 Å². The van der Waals surface area contributed by atoms with Crippen molar-refractivity contribution in [3.8, 4) is 0 Å². The van der Waals surface area contributed by atoms with E-state index >= 15 is 0 Å². The van der Waals surface area contributed by atoms with E-state index in [1.807, 2.05) is 0 Å². The Morgan fingerprint density at radius 1 is 1.42 bits per heavy atom. The van der Waals surface area contributed by atoms with Crippen LogP contribution in [0.4, 0.5) is 5.13 Å². The molecular weight excluding hydrogens is 289 g/mol. The molecule has 1 aliphatic rings. The highest BCUT2D eigenvalue weighted by atomic mass is 127. The van der Waals surface area contributed by atoms with Gasteiger partial charge in [-0.05, 0) is 0 Å². The first-order valence-corrected chi connectivity index (χ1v) is 5.53. The minimum Gasteiger partial charge on any atom is -0.378 e. The molecule has 0 atom stereocenters. The second kappa shape index (κ2) is 3.84. The molecule has 0 aliphatic carbocycles. The Balaban J connectivity index is 2.08. The molecule has 4 nitrogen and oxygen atoms in total. The highest BCUT2D eigenvalue weighted by Gasteiger charge is 2.14. The van der Waals surface area contributed by atoms with E-state index in [-0.39, 0.29) is 0 Å². The molecular formula is C6H8IN3OS. The normalized spacial score (nSPS) is 18.2. The molecule has 0 unspecified atom stereocenters. The molecule has 2 rings (SSSR count). The highest BCUT2D eigenvalue weighted by molar-refractivity contribution is 14.1. The predicted octanol–water partition coefficient (Wildman–Crippen LogP) is 0.979. The maximum absolute atomic E-state index is 5.24. The number of ether oxygens (including phenoxy) is 1. The molecule has 1 aromatic rings. The molecule has 6 heteroatoms. The van der Waals surface area contributed by atoms with Crippen LogP contribution in [-0.2, 0) is 4.74 Å². The van der Waals surface area contributed by atoms with Gasteiger partial charge in [0.15, 0.2) is 0 Å². The maximum atomic E-state index is 5.24. The first-order valence-electron chi connectivity index (χ1n) is 3.68. The molecule has 0 amide bonds. The van der Waals surface area contributed by atoms with Crippen molar-refractivity contribution in [2.45, 2.75) is 0 Å². The zero-order chi connectivity index (χ0) is 8.39. The van der Waals surface area contributed by atoms with E-state index in [1.54, 1.807) is 0 Å². The lowest BCUT2D eigenvalue weighted by Crippen LogP contribution is -2.36. The van der Waals surface area contributed by atoms with Crippen LogP contribution in [0.25, 0.3) is 0 Å². The average Bonchev–Trinajstić information content (AvgIpc) is 2.54. The summed E-state index contributed by atoms with van der Waals surface area (Å²) in [4.78, 5) is 6.51. The van der Waals surface area contributed by atoms with Crippen LogP contribution in [-0.4, -0.2) is 35.7 Å². The van der Waals surface area contributed by atoms with Crippen molar-refractivity contribution in [1.82, 2.24) is 9.36 Å². The van der Waals surface area contributed by atoms with Crippen LogP contribution < -0.4 is 4.90 Å². The second-order valence-corrected chi connectivity index (χ2v) is 4.14. The lowest BCUT2D eigenvalue weighted by molar-refractivity contribution is 0.122. The van der Waals surface area contributed by atoms with Crippen LogP contribution in [0.5, 0.6) is 0 Å². The molecule has 0 spiro atoms. The van der Waals surface area contributed by atoms with Gasteiger partial charge in [0, 0.05) is 47.2 Å². The third-order valence-electron chi connectivity index (χ3n) is 1.67. The Bertz CT molecular complexity index is 261. The topological polar surface area (TPSA) is 38.2 Å². The van der Waals surface area contributed by atoms with Gasteiger partial charge in [0.1, 0.15) is 0 Å². The van der Waals surface area contributed by atoms with Crippen LogP contribution >= 0.6 is 34.1 Å². The third-order valence-corrected chi connectivity index (χ3v) is 3.26. The third kappa shape index (κ3) is 1.86. The van der Waals surface area contributed by atoms with Crippen LogP contribution in [0.1, 0.15) is 0 Å². The standard InChI is InChI=1S/C6H8IN3OS/c7-5-8-6(12-9-5)10-1-3-11-4-2-10/h1-4H2. The Morgan fingerprint density at radius 3 is 2.75 bits per heavy atom. The van der Waals surface area contributed by atoms with Gasteiger partial charge in [0.05, 0.1) is 13.2 Å². The molecule has 66 valence electrons. The van der Waals surface area contributed by atoms with E-state index in [2.05, 4.69) is 36.8 Å². The van der Waals surface area contributed by atoms with E-state index < -0.39 is 0 Å². The second-order valence-electron chi connectivity index (χ2n) is 2.45. The smallest absolute Gasteiger partial charge is 0.206 e. The molecule has 1 aromatic heterocycles. The number of nitrogens with zero attached hydrogens (tertiary/aromatic N) is 3. The van der Waals surface area contributed by atoms with Crippen LogP contribution in [0.2, 0.25) is 0 Å². The summed E-state index contributed by atoms with van der Waals surface area (Å²) in [6, 6.07) is 0.